The van der Waals surface area contributed by atoms with E-state index in [2.05, 4.69) is 4.98 Å². The van der Waals surface area contributed by atoms with Crippen molar-refractivity contribution in [1.29, 1.82) is 0 Å². The molecule has 17 heavy (non-hydrogen) atoms. The summed E-state index contributed by atoms with van der Waals surface area (Å²) in [5.41, 5.74) is 5.80. The Labute approximate surface area is 104 Å². The zero-order chi connectivity index (χ0) is 12.3. The lowest BCUT2D eigenvalue weighted by atomic mass is 9.79. The maximum Gasteiger partial charge on any atom is 0.228 e. The Bertz CT molecular complexity index is 495. The highest BCUT2D eigenvalue weighted by Gasteiger charge is 2.34. The van der Waals surface area contributed by atoms with Crippen LogP contribution in [0.1, 0.15) is 17.5 Å². The highest BCUT2D eigenvalue weighted by molar-refractivity contribution is 7.09. The van der Waals surface area contributed by atoms with Gasteiger partial charge in [-0.05, 0) is 12.5 Å². The standard InChI is InChI=1S/C13H14N2OS/c1-13(12(14)16,9-11-15-7-8-17-11)10-5-3-2-4-6-10/h2-8H,9H2,1H3,(H2,14,16). The zero-order valence-corrected chi connectivity index (χ0v) is 10.4. The van der Waals surface area contributed by atoms with Gasteiger partial charge < -0.3 is 5.73 Å². The number of primary amides is 1. The van der Waals surface area contributed by atoms with E-state index in [1.54, 1.807) is 17.5 Å². The molecule has 0 aliphatic heterocycles. The van der Waals surface area contributed by atoms with Crippen molar-refractivity contribution < 1.29 is 4.79 Å². The normalized spacial score (nSPS) is 14.2. The predicted octanol–water partition coefficient (Wildman–Crippen LogP) is 2.13. The number of rotatable bonds is 4. The van der Waals surface area contributed by atoms with Crippen LogP contribution in [0.4, 0.5) is 0 Å². The van der Waals surface area contributed by atoms with Crippen molar-refractivity contribution in [2.24, 2.45) is 5.73 Å². The van der Waals surface area contributed by atoms with Gasteiger partial charge >= 0.3 is 0 Å². The third-order valence-electron chi connectivity index (χ3n) is 2.94. The summed E-state index contributed by atoms with van der Waals surface area (Å²) < 4.78 is 0. The van der Waals surface area contributed by atoms with Gasteiger partial charge in [0.25, 0.3) is 0 Å². The van der Waals surface area contributed by atoms with Crippen LogP contribution in [0.5, 0.6) is 0 Å². The summed E-state index contributed by atoms with van der Waals surface area (Å²) in [7, 11) is 0. The average Bonchev–Trinajstić information content (AvgIpc) is 2.82. The van der Waals surface area contributed by atoms with Gasteiger partial charge in [-0.1, -0.05) is 30.3 Å². The fourth-order valence-corrected chi connectivity index (χ4v) is 2.55. The molecule has 0 aliphatic rings. The molecule has 0 saturated heterocycles. The van der Waals surface area contributed by atoms with Crippen LogP contribution < -0.4 is 5.73 Å². The van der Waals surface area contributed by atoms with E-state index >= 15 is 0 Å². The van der Waals surface area contributed by atoms with E-state index in [1.807, 2.05) is 42.6 Å². The molecule has 1 heterocycles. The fraction of sp³-hybridized carbons (Fsp3) is 0.231. The lowest BCUT2D eigenvalue weighted by Gasteiger charge is -2.25. The summed E-state index contributed by atoms with van der Waals surface area (Å²) >= 11 is 1.54. The fourth-order valence-electron chi connectivity index (χ4n) is 1.78. The number of hydrogen-bond donors (Lipinski definition) is 1. The van der Waals surface area contributed by atoms with Crippen molar-refractivity contribution in [1.82, 2.24) is 4.98 Å². The third-order valence-corrected chi connectivity index (χ3v) is 3.72. The smallest absolute Gasteiger partial charge is 0.228 e. The topological polar surface area (TPSA) is 56.0 Å². The van der Waals surface area contributed by atoms with Crippen molar-refractivity contribution in [3.8, 4) is 0 Å². The first-order valence-corrected chi connectivity index (χ1v) is 6.25. The lowest BCUT2D eigenvalue weighted by Crippen LogP contribution is -2.40. The predicted molar refractivity (Wildman–Crippen MR) is 68.8 cm³/mol. The number of carbonyl (C=O) groups excluding carboxylic acids is 1. The first kappa shape index (κ1) is 11.8. The van der Waals surface area contributed by atoms with Crippen molar-refractivity contribution >= 4 is 17.2 Å². The minimum absolute atomic E-state index is 0.320. The minimum atomic E-state index is -0.695. The zero-order valence-electron chi connectivity index (χ0n) is 9.59. The van der Waals surface area contributed by atoms with Gasteiger partial charge in [-0.3, -0.25) is 4.79 Å². The molecule has 0 aliphatic carbocycles. The van der Waals surface area contributed by atoms with Crippen molar-refractivity contribution in [2.45, 2.75) is 18.8 Å². The van der Waals surface area contributed by atoms with Crippen molar-refractivity contribution in [3.05, 3.63) is 52.5 Å². The van der Waals surface area contributed by atoms with Crippen LogP contribution in [-0.4, -0.2) is 10.9 Å². The summed E-state index contributed by atoms with van der Waals surface area (Å²) in [5, 5.41) is 2.83. The quantitative estimate of drug-likeness (QED) is 0.898. The molecule has 1 atom stereocenters. The molecule has 0 bridgehead atoms. The Morgan fingerprint density at radius 1 is 1.41 bits per heavy atom. The van der Waals surface area contributed by atoms with Gasteiger partial charge in [0.2, 0.25) is 5.91 Å². The Balaban J connectivity index is 2.37. The van der Waals surface area contributed by atoms with Gasteiger partial charge in [-0.25, -0.2) is 4.98 Å². The van der Waals surface area contributed by atoms with Crippen LogP contribution in [0.15, 0.2) is 41.9 Å². The van der Waals surface area contributed by atoms with E-state index in [1.165, 1.54) is 0 Å². The second-order valence-electron chi connectivity index (χ2n) is 4.17. The van der Waals surface area contributed by atoms with Gasteiger partial charge in [-0.2, -0.15) is 0 Å². The summed E-state index contributed by atoms with van der Waals surface area (Å²) in [6.45, 7) is 1.87. The van der Waals surface area contributed by atoms with Gasteiger partial charge in [0.15, 0.2) is 0 Å². The Morgan fingerprint density at radius 3 is 2.65 bits per heavy atom. The second-order valence-corrected chi connectivity index (χ2v) is 5.14. The number of nitrogens with zero attached hydrogens (tertiary/aromatic N) is 1. The molecule has 0 spiro atoms. The molecule has 1 amide bonds. The van der Waals surface area contributed by atoms with Crippen LogP contribution in [0.3, 0.4) is 0 Å². The van der Waals surface area contributed by atoms with Crippen LogP contribution >= 0.6 is 11.3 Å². The van der Waals surface area contributed by atoms with Crippen LogP contribution in [0, 0.1) is 0 Å². The number of thiazole rings is 1. The number of nitrogens with two attached hydrogens (primary N) is 1. The average molecular weight is 246 g/mol. The molecule has 0 saturated carbocycles. The number of benzene rings is 1. The number of amides is 1. The van der Waals surface area contributed by atoms with E-state index in [0.717, 1.165) is 10.6 Å². The molecule has 0 radical (unpaired) electrons. The number of hydrogen-bond acceptors (Lipinski definition) is 3. The summed E-state index contributed by atoms with van der Waals surface area (Å²) in [5.74, 6) is -0.320. The first-order chi connectivity index (χ1) is 8.13. The number of carbonyl (C=O) groups is 1. The summed E-state index contributed by atoms with van der Waals surface area (Å²) in [4.78, 5) is 16.0. The molecule has 2 aromatic rings. The highest BCUT2D eigenvalue weighted by Crippen LogP contribution is 2.28. The SMILES string of the molecule is CC(Cc1nccs1)(C(N)=O)c1ccccc1. The van der Waals surface area contributed by atoms with E-state index < -0.39 is 5.41 Å². The van der Waals surface area contributed by atoms with Gasteiger partial charge in [0.05, 0.1) is 10.4 Å². The third kappa shape index (κ3) is 2.36. The maximum atomic E-state index is 11.7. The van der Waals surface area contributed by atoms with Crippen molar-refractivity contribution in [2.75, 3.05) is 0 Å². The lowest BCUT2D eigenvalue weighted by molar-refractivity contribution is -0.123. The Morgan fingerprint density at radius 2 is 2.12 bits per heavy atom. The molecule has 0 fully saturated rings. The van der Waals surface area contributed by atoms with E-state index in [4.69, 9.17) is 5.73 Å². The molecular weight excluding hydrogens is 232 g/mol. The number of aromatic nitrogens is 1. The molecule has 88 valence electrons. The van der Waals surface area contributed by atoms with Gasteiger partial charge in [-0.15, -0.1) is 11.3 Å². The molecule has 2 rings (SSSR count). The molecule has 1 aromatic heterocycles. The Hall–Kier alpha value is -1.68. The van der Waals surface area contributed by atoms with E-state index in [-0.39, 0.29) is 5.91 Å². The van der Waals surface area contributed by atoms with E-state index in [9.17, 15) is 4.79 Å². The second kappa shape index (κ2) is 4.67. The largest absolute Gasteiger partial charge is 0.369 e. The minimum Gasteiger partial charge on any atom is -0.369 e. The molecule has 2 N–H and O–H groups in total. The van der Waals surface area contributed by atoms with Crippen LogP contribution in [0.2, 0.25) is 0 Å². The van der Waals surface area contributed by atoms with Crippen molar-refractivity contribution in [3.63, 3.8) is 0 Å². The summed E-state index contributed by atoms with van der Waals surface area (Å²) in [6, 6.07) is 9.61. The maximum absolute atomic E-state index is 11.7. The van der Waals surface area contributed by atoms with Gasteiger partial charge in [0, 0.05) is 18.0 Å². The van der Waals surface area contributed by atoms with Crippen LogP contribution in [0.25, 0.3) is 0 Å². The van der Waals surface area contributed by atoms with Crippen LogP contribution in [-0.2, 0) is 16.6 Å². The molecule has 1 unspecified atom stereocenters. The highest BCUT2D eigenvalue weighted by atomic mass is 32.1. The molecule has 3 nitrogen and oxygen atoms in total. The monoisotopic (exact) mass is 246 g/mol. The molecule has 1 aromatic carbocycles. The Kier molecular flexibility index (Phi) is 3.24. The van der Waals surface area contributed by atoms with Gasteiger partial charge in [0.1, 0.15) is 0 Å². The van der Waals surface area contributed by atoms with E-state index in [0.29, 0.717) is 6.42 Å². The molecular formula is C13H14N2OS. The first-order valence-electron chi connectivity index (χ1n) is 5.37. The summed E-state index contributed by atoms with van der Waals surface area (Å²) in [6.07, 6.45) is 2.29. The molecule has 4 heteroatoms.